The first-order valence-electron chi connectivity index (χ1n) is 6.92. The number of ether oxygens (including phenoxy) is 2. The van der Waals surface area contributed by atoms with Crippen molar-refractivity contribution in [2.45, 2.75) is 19.5 Å². The summed E-state index contributed by atoms with van der Waals surface area (Å²) in [6.07, 6.45) is 0.977. The number of rotatable bonds is 7. The van der Waals surface area contributed by atoms with Crippen molar-refractivity contribution in [2.24, 2.45) is 0 Å². The molecule has 0 heterocycles. The Morgan fingerprint density at radius 2 is 1.81 bits per heavy atom. The Balaban J connectivity index is 3.49. The Bertz CT molecular complexity index is 557. The lowest BCUT2D eigenvalue weighted by Gasteiger charge is -2.28. The lowest BCUT2D eigenvalue weighted by molar-refractivity contribution is -0.136. The van der Waals surface area contributed by atoms with Crippen molar-refractivity contribution in [2.75, 3.05) is 26.5 Å². The molecular formula is C16H23O4P. The maximum atomic E-state index is 13.3. The second kappa shape index (κ2) is 7.46. The van der Waals surface area contributed by atoms with Crippen molar-refractivity contribution in [1.29, 1.82) is 0 Å². The minimum atomic E-state index is -2.66. The van der Waals surface area contributed by atoms with E-state index in [9.17, 15) is 9.36 Å². The van der Waals surface area contributed by atoms with Crippen LogP contribution in [-0.2, 0) is 14.1 Å². The molecule has 0 amide bonds. The van der Waals surface area contributed by atoms with Crippen LogP contribution in [0.4, 0.5) is 0 Å². The van der Waals surface area contributed by atoms with Crippen LogP contribution in [0.25, 0.3) is 0 Å². The van der Waals surface area contributed by atoms with Crippen LogP contribution in [0.3, 0.4) is 0 Å². The quantitative estimate of drug-likeness (QED) is 0.436. The first-order valence-corrected chi connectivity index (χ1v) is 9.07. The molecule has 116 valence electrons. The second-order valence-corrected chi connectivity index (χ2v) is 8.43. The van der Waals surface area contributed by atoms with E-state index in [1.807, 2.05) is 32.0 Å². The fourth-order valence-corrected chi connectivity index (χ4v) is 5.02. The zero-order valence-corrected chi connectivity index (χ0v) is 14.0. The van der Waals surface area contributed by atoms with Gasteiger partial charge in [0.2, 0.25) is 0 Å². The summed E-state index contributed by atoms with van der Waals surface area (Å²) in [5.74, 6) is 0.0720. The Hall–Kier alpha value is -1.54. The van der Waals surface area contributed by atoms with Crippen molar-refractivity contribution in [1.82, 2.24) is 0 Å². The average Bonchev–Trinajstić information content (AvgIpc) is 2.54. The topological polar surface area (TPSA) is 52.6 Å². The summed E-state index contributed by atoms with van der Waals surface area (Å²) in [7, 11) is 0.199. The zero-order valence-electron chi connectivity index (χ0n) is 13.1. The molecule has 0 unspecified atom stereocenters. The van der Waals surface area contributed by atoms with Crippen LogP contribution in [0.1, 0.15) is 25.1 Å². The van der Waals surface area contributed by atoms with Crippen LogP contribution >= 0.6 is 7.14 Å². The number of hydrogen-bond donors (Lipinski definition) is 0. The lowest BCUT2D eigenvalue weighted by Crippen LogP contribution is -2.15. The van der Waals surface area contributed by atoms with Gasteiger partial charge in [-0.05, 0) is 18.4 Å². The van der Waals surface area contributed by atoms with Gasteiger partial charge in [-0.3, -0.25) is 0 Å². The number of carbonyl (C=O) groups excluding carboxylic acids is 1. The lowest BCUT2D eigenvalue weighted by atomic mass is 10.0. The number of carbonyl (C=O) groups is 1. The molecule has 0 bridgehead atoms. The Morgan fingerprint density at radius 1 is 1.24 bits per heavy atom. The summed E-state index contributed by atoms with van der Waals surface area (Å²) in [4.78, 5) is 11.9. The summed E-state index contributed by atoms with van der Waals surface area (Å²) in [5, 5.41) is 0. The van der Waals surface area contributed by atoms with Crippen LogP contribution in [0.2, 0.25) is 0 Å². The van der Waals surface area contributed by atoms with Crippen molar-refractivity contribution in [3.8, 4) is 5.75 Å². The molecule has 1 aromatic rings. The summed E-state index contributed by atoms with van der Waals surface area (Å²) in [5.41, 5.74) is 0.368. The van der Waals surface area contributed by atoms with E-state index in [4.69, 9.17) is 9.47 Å². The Labute approximate surface area is 126 Å². The average molecular weight is 310 g/mol. The molecule has 1 atom stereocenters. The highest BCUT2D eigenvalue weighted by Gasteiger charge is 2.37. The van der Waals surface area contributed by atoms with Gasteiger partial charge in [0.15, 0.2) is 0 Å². The fourth-order valence-electron chi connectivity index (χ4n) is 2.45. The highest BCUT2D eigenvalue weighted by molar-refractivity contribution is 7.64. The first-order chi connectivity index (χ1) is 9.95. The van der Waals surface area contributed by atoms with Gasteiger partial charge >= 0.3 is 5.97 Å². The van der Waals surface area contributed by atoms with Gasteiger partial charge in [-0.1, -0.05) is 38.6 Å². The molecule has 0 spiro atoms. The molecule has 1 aromatic carbocycles. The number of methoxy groups -OCH3 is 2. The molecule has 0 aliphatic rings. The molecule has 0 radical (unpaired) electrons. The highest BCUT2D eigenvalue weighted by atomic mass is 31.2. The molecule has 21 heavy (non-hydrogen) atoms. The zero-order chi connectivity index (χ0) is 16.0. The Kier molecular flexibility index (Phi) is 6.22. The summed E-state index contributed by atoms with van der Waals surface area (Å²) in [6.45, 7) is 7.58. The number of esters is 1. The third-order valence-electron chi connectivity index (χ3n) is 3.75. The monoisotopic (exact) mass is 310 g/mol. The van der Waals surface area contributed by atoms with E-state index in [-0.39, 0.29) is 5.57 Å². The molecular weight excluding hydrogens is 287 g/mol. The molecule has 1 rings (SSSR count). The third-order valence-corrected chi connectivity index (χ3v) is 7.42. The van der Waals surface area contributed by atoms with Gasteiger partial charge in [0.25, 0.3) is 0 Å². The smallest absolute Gasteiger partial charge is 0.334 e. The van der Waals surface area contributed by atoms with Crippen LogP contribution in [0.5, 0.6) is 5.75 Å². The number of hydrogen-bond acceptors (Lipinski definition) is 4. The Morgan fingerprint density at radius 3 is 2.29 bits per heavy atom. The van der Waals surface area contributed by atoms with Gasteiger partial charge in [0, 0.05) is 11.1 Å². The van der Waals surface area contributed by atoms with Crippen LogP contribution < -0.4 is 4.74 Å². The molecule has 0 aromatic heterocycles. The molecule has 0 saturated heterocycles. The molecule has 0 saturated carbocycles. The number of benzene rings is 1. The molecule has 5 heteroatoms. The van der Waals surface area contributed by atoms with Crippen molar-refractivity contribution < 1.29 is 18.8 Å². The maximum Gasteiger partial charge on any atom is 0.334 e. The largest absolute Gasteiger partial charge is 0.496 e. The van der Waals surface area contributed by atoms with Crippen molar-refractivity contribution in [3.63, 3.8) is 0 Å². The van der Waals surface area contributed by atoms with Crippen LogP contribution in [0, 0.1) is 0 Å². The van der Waals surface area contributed by atoms with Crippen LogP contribution in [0.15, 0.2) is 36.4 Å². The summed E-state index contributed by atoms with van der Waals surface area (Å²) < 4.78 is 23.4. The predicted octanol–water partition coefficient (Wildman–Crippen LogP) is 3.87. The minimum absolute atomic E-state index is 0.217. The minimum Gasteiger partial charge on any atom is -0.496 e. The molecule has 4 nitrogen and oxygen atoms in total. The number of para-hydroxylation sites is 1. The fraction of sp³-hybridized carbons (Fsp3) is 0.438. The van der Waals surface area contributed by atoms with Crippen molar-refractivity contribution >= 4 is 13.1 Å². The van der Waals surface area contributed by atoms with E-state index in [2.05, 4.69) is 6.58 Å². The SMILES string of the molecule is C=C(C(=O)OC)[C@@H](c1ccccc1OC)P(=O)(CC)CC. The summed E-state index contributed by atoms with van der Waals surface area (Å²) >= 11 is 0. The molecule has 0 aliphatic carbocycles. The first kappa shape index (κ1) is 17.5. The van der Waals surface area contributed by atoms with Crippen LogP contribution in [-0.4, -0.2) is 32.5 Å². The predicted molar refractivity (Wildman–Crippen MR) is 85.6 cm³/mol. The molecule has 0 fully saturated rings. The van der Waals surface area contributed by atoms with Gasteiger partial charge in [-0.2, -0.15) is 0 Å². The molecule has 0 aliphatic heterocycles. The van der Waals surface area contributed by atoms with Gasteiger partial charge < -0.3 is 14.0 Å². The van der Waals surface area contributed by atoms with E-state index in [0.717, 1.165) is 5.56 Å². The molecule has 0 N–H and O–H groups in total. The highest BCUT2D eigenvalue weighted by Crippen LogP contribution is 2.62. The second-order valence-electron chi connectivity index (χ2n) is 4.75. The summed E-state index contributed by atoms with van der Waals surface area (Å²) in [6, 6.07) is 7.30. The van der Waals surface area contributed by atoms with E-state index < -0.39 is 18.8 Å². The van der Waals surface area contributed by atoms with Gasteiger partial charge in [-0.15, -0.1) is 0 Å². The normalized spacial score (nSPS) is 12.6. The maximum absolute atomic E-state index is 13.3. The van der Waals surface area contributed by atoms with Gasteiger partial charge in [0.05, 0.1) is 27.0 Å². The third kappa shape index (κ3) is 3.56. The van der Waals surface area contributed by atoms with E-state index in [1.54, 1.807) is 13.2 Å². The van der Waals surface area contributed by atoms with E-state index in [0.29, 0.717) is 18.1 Å². The van der Waals surface area contributed by atoms with E-state index in [1.165, 1.54) is 7.11 Å². The van der Waals surface area contributed by atoms with E-state index >= 15 is 0 Å². The van der Waals surface area contributed by atoms with Gasteiger partial charge in [-0.25, -0.2) is 4.79 Å². The standard InChI is InChI=1S/C16H23O4P/c1-6-21(18,7-2)15(12(3)16(17)20-5)13-10-8-9-11-14(13)19-4/h8-11,15H,3,6-7H2,1-2,4-5H3/t15-/m0/s1. The van der Waals surface area contributed by atoms with Gasteiger partial charge in [0.1, 0.15) is 5.75 Å². The van der Waals surface area contributed by atoms with Crippen molar-refractivity contribution in [3.05, 3.63) is 42.0 Å².